The normalized spacial score (nSPS) is 28.5. The van der Waals surface area contributed by atoms with Gasteiger partial charge in [-0.1, -0.05) is 6.07 Å². The van der Waals surface area contributed by atoms with Crippen LogP contribution in [0.15, 0.2) is 12.1 Å². The maximum atomic E-state index is 13.0. The van der Waals surface area contributed by atoms with Gasteiger partial charge in [-0.15, -0.1) is 0 Å². The van der Waals surface area contributed by atoms with E-state index < -0.39 is 0 Å². The molecule has 4 rings (SSSR count). The number of carbonyl (C=O) groups excluding carboxylic acids is 2. The zero-order chi connectivity index (χ0) is 17.4. The van der Waals surface area contributed by atoms with Gasteiger partial charge in [0.2, 0.25) is 5.91 Å². The van der Waals surface area contributed by atoms with Crippen LogP contribution in [0.25, 0.3) is 0 Å². The first-order valence-corrected chi connectivity index (χ1v) is 9.46. The summed E-state index contributed by atoms with van der Waals surface area (Å²) in [6.45, 7) is 2.86. The first-order valence-electron chi connectivity index (χ1n) is 9.46. The lowest BCUT2D eigenvalue weighted by Crippen LogP contribution is -2.60. The molecule has 0 aromatic heterocycles. The highest BCUT2D eigenvalue weighted by Gasteiger charge is 2.38. The summed E-state index contributed by atoms with van der Waals surface area (Å²) in [5, 5.41) is 6.25. The van der Waals surface area contributed by atoms with Crippen molar-refractivity contribution in [2.24, 2.45) is 0 Å². The van der Waals surface area contributed by atoms with Crippen LogP contribution in [0.5, 0.6) is 0 Å². The van der Waals surface area contributed by atoms with Crippen molar-refractivity contribution in [3.8, 4) is 0 Å². The number of nitrogens with one attached hydrogen (secondary N) is 2. The van der Waals surface area contributed by atoms with Crippen molar-refractivity contribution in [2.45, 2.75) is 70.1 Å². The van der Waals surface area contributed by atoms with Gasteiger partial charge >= 0.3 is 0 Å². The molecule has 2 saturated heterocycles. The third-order valence-corrected chi connectivity index (χ3v) is 5.89. The molecule has 0 radical (unpaired) electrons. The fraction of sp³-hybridized carbons (Fsp3) is 0.600. The van der Waals surface area contributed by atoms with Crippen LogP contribution >= 0.6 is 0 Å². The van der Waals surface area contributed by atoms with E-state index in [0.29, 0.717) is 12.8 Å². The van der Waals surface area contributed by atoms with Gasteiger partial charge in [-0.2, -0.15) is 0 Å². The summed E-state index contributed by atoms with van der Waals surface area (Å²) >= 11 is 0. The second-order valence-corrected chi connectivity index (χ2v) is 7.50. The number of rotatable bonds is 3. The van der Waals surface area contributed by atoms with Crippen LogP contribution in [-0.4, -0.2) is 36.6 Å². The quantitative estimate of drug-likeness (QED) is 0.883. The average Bonchev–Trinajstić information content (AvgIpc) is 3.28. The molecule has 1 aliphatic carbocycles. The summed E-state index contributed by atoms with van der Waals surface area (Å²) in [5.74, 6) is 0.0459. The van der Waals surface area contributed by atoms with Crippen molar-refractivity contribution < 1.29 is 14.3 Å². The highest BCUT2D eigenvalue weighted by molar-refractivity contribution is 5.96. The fourth-order valence-electron chi connectivity index (χ4n) is 4.57. The smallest absolute Gasteiger partial charge is 0.251 e. The number of fused-ring (bicyclic) bond motifs is 1. The van der Waals surface area contributed by atoms with E-state index in [1.807, 2.05) is 6.07 Å². The van der Waals surface area contributed by atoms with Crippen LogP contribution in [0.4, 0.5) is 0 Å². The molecule has 0 saturated carbocycles. The van der Waals surface area contributed by atoms with Gasteiger partial charge in [0.15, 0.2) is 0 Å². The van der Waals surface area contributed by atoms with E-state index in [9.17, 15) is 9.59 Å². The SMILES string of the molecule is Cc1ccc(C(=O)N[C@@H]2CCC(=O)N[C@H]2[C@H]2CCCO2)c2c1CCC2. The Morgan fingerprint density at radius 1 is 1.16 bits per heavy atom. The van der Waals surface area contributed by atoms with E-state index >= 15 is 0 Å². The average molecular weight is 342 g/mol. The Morgan fingerprint density at radius 2 is 2.00 bits per heavy atom. The van der Waals surface area contributed by atoms with Crippen LogP contribution in [0, 0.1) is 6.92 Å². The molecule has 0 bridgehead atoms. The highest BCUT2D eigenvalue weighted by Crippen LogP contribution is 2.29. The zero-order valence-corrected chi connectivity index (χ0v) is 14.8. The van der Waals surface area contributed by atoms with Crippen molar-refractivity contribution in [1.29, 1.82) is 0 Å². The molecule has 25 heavy (non-hydrogen) atoms. The Labute approximate surface area is 148 Å². The first kappa shape index (κ1) is 16.6. The number of benzene rings is 1. The highest BCUT2D eigenvalue weighted by atomic mass is 16.5. The van der Waals surface area contributed by atoms with Crippen molar-refractivity contribution >= 4 is 11.8 Å². The van der Waals surface area contributed by atoms with Gasteiger partial charge in [0.05, 0.1) is 18.2 Å². The van der Waals surface area contributed by atoms with Crippen LogP contribution in [0.3, 0.4) is 0 Å². The molecule has 3 aliphatic rings. The predicted octanol–water partition coefficient (Wildman–Crippen LogP) is 2.04. The minimum atomic E-state index is -0.119. The summed E-state index contributed by atoms with van der Waals surface area (Å²) in [5.41, 5.74) is 4.65. The molecule has 134 valence electrons. The first-order chi connectivity index (χ1) is 12.1. The summed E-state index contributed by atoms with van der Waals surface area (Å²) in [7, 11) is 0. The van der Waals surface area contributed by atoms with Gasteiger partial charge in [0.25, 0.3) is 5.91 Å². The summed E-state index contributed by atoms with van der Waals surface area (Å²) in [4.78, 5) is 24.8. The van der Waals surface area contributed by atoms with E-state index in [-0.39, 0.29) is 30.0 Å². The maximum absolute atomic E-state index is 13.0. The molecule has 1 aromatic carbocycles. The largest absolute Gasteiger partial charge is 0.376 e. The Bertz CT molecular complexity index is 694. The van der Waals surface area contributed by atoms with Crippen molar-refractivity contribution in [3.63, 3.8) is 0 Å². The lowest BCUT2D eigenvalue weighted by atomic mass is 9.91. The lowest BCUT2D eigenvalue weighted by molar-refractivity contribution is -0.125. The van der Waals surface area contributed by atoms with Crippen LogP contribution in [-0.2, 0) is 22.4 Å². The number of amides is 2. The van der Waals surface area contributed by atoms with E-state index in [4.69, 9.17) is 4.74 Å². The van der Waals surface area contributed by atoms with E-state index in [1.165, 1.54) is 16.7 Å². The molecule has 2 heterocycles. The molecule has 2 aliphatic heterocycles. The van der Waals surface area contributed by atoms with Gasteiger partial charge in [-0.05, 0) is 68.2 Å². The third-order valence-electron chi connectivity index (χ3n) is 5.89. The molecule has 0 unspecified atom stereocenters. The van der Waals surface area contributed by atoms with E-state index in [0.717, 1.165) is 44.3 Å². The minimum Gasteiger partial charge on any atom is -0.376 e. The van der Waals surface area contributed by atoms with E-state index in [2.05, 4.69) is 23.6 Å². The monoisotopic (exact) mass is 342 g/mol. The van der Waals surface area contributed by atoms with E-state index in [1.54, 1.807) is 0 Å². The summed E-state index contributed by atoms with van der Waals surface area (Å²) in [6.07, 6.45) is 6.28. The van der Waals surface area contributed by atoms with Crippen molar-refractivity contribution in [2.75, 3.05) is 6.61 Å². The Balaban J connectivity index is 1.53. The maximum Gasteiger partial charge on any atom is 0.251 e. The second kappa shape index (κ2) is 6.79. The number of hydrogen-bond acceptors (Lipinski definition) is 3. The molecule has 1 aromatic rings. The van der Waals surface area contributed by atoms with Crippen LogP contribution < -0.4 is 10.6 Å². The Morgan fingerprint density at radius 3 is 2.80 bits per heavy atom. The van der Waals surface area contributed by atoms with Crippen molar-refractivity contribution in [1.82, 2.24) is 10.6 Å². The zero-order valence-electron chi connectivity index (χ0n) is 14.8. The number of carbonyl (C=O) groups is 2. The Kier molecular flexibility index (Phi) is 4.50. The van der Waals surface area contributed by atoms with Crippen LogP contribution in [0.2, 0.25) is 0 Å². The summed E-state index contributed by atoms with van der Waals surface area (Å²) in [6, 6.07) is 3.83. The Hall–Kier alpha value is -1.88. The molecular formula is C20H26N2O3. The van der Waals surface area contributed by atoms with Gasteiger partial charge in [0.1, 0.15) is 0 Å². The third kappa shape index (κ3) is 3.17. The molecular weight excluding hydrogens is 316 g/mol. The summed E-state index contributed by atoms with van der Waals surface area (Å²) < 4.78 is 5.78. The van der Waals surface area contributed by atoms with Gasteiger partial charge in [-0.25, -0.2) is 0 Å². The molecule has 3 atom stereocenters. The molecule has 2 fully saturated rings. The topological polar surface area (TPSA) is 67.4 Å². The van der Waals surface area contributed by atoms with Gasteiger partial charge in [0, 0.05) is 18.6 Å². The second-order valence-electron chi connectivity index (χ2n) is 7.50. The lowest BCUT2D eigenvalue weighted by Gasteiger charge is -2.36. The fourth-order valence-corrected chi connectivity index (χ4v) is 4.57. The minimum absolute atomic E-state index is 0.0118. The number of piperidine rings is 1. The predicted molar refractivity (Wildman–Crippen MR) is 94.6 cm³/mol. The molecule has 0 spiro atoms. The van der Waals surface area contributed by atoms with Gasteiger partial charge in [-0.3, -0.25) is 9.59 Å². The molecule has 5 heteroatoms. The van der Waals surface area contributed by atoms with Crippen molar-refractivity contribution in [3.05, 3.63) is 34.4 Å². The number of aryl methyl sites for hydroxylation is 1. The molecule has 2 N–H and O–H groups in total. The van der Waals surface area contributed by atoms with Crippen LogP contribution in [0.1, 0.15) is 59.2 Å². The number of ether oxygens (including phenoxy) is 1. The molecule has 5 nitrogen and oxygen atoms in total. The number of hydrogen-bond donors (Lipinski definition) is 2. The molecule has 2 amide bonds. The van der Waals surface area contributed by atoms with Gasteiger partial charge < -0.3 is 15.4 Å². The standard InChI is InChI=1S/C20H26N2O3/c1-12-7-8-15(14-5-2-4-13(12)14)20(24)21-16-9-10-18(23)22-19(16)17-6-3-11-25-17/h7-8,16-17,19H,2-6,9-11H2,1H3,(H,21,24)(H,22,23)/t16-,17-,19-/m1/s1.